The Morgan fingerprint density at radius 1 is 0.824 bits per heavy atom. The number of aromatic nitrogens is 1. The number of hydrogen-bond acceptors (Lipinski definition) is 3. The Kier molecular flexibility index (Phi) is 6.02. The lowest BCUT2D eigenvalue weighted by molar-refractivity contribution is -0.136. The summed E-state index contributed by atoms with van der Waals surface area (Å²) >= 11 is 0. The van der Waals surface area contributed by atoms with Gasteiger partial charge in [-0.15, -0.1) is 0 Å². The van der Waals surface area contributed by atoms with Crippen molar-refractivity contribution < 1.29 is 27.2 Å². The maximum absolute atomic E-state index is 13.8. The molecule has 5 nitrogen and oxygen atoms in total. The van der Waals surface area contributed by atoms with E-state index in [1.54, 1.807) is 31.2 Å². The lowest BCUT2D eigenvalue weighted by Gasteiger charge is -2.16. The number of anilines is 2. The Labute approximate surface area is 191 Å². The number of fused-ring (bicyclic) bond motifs is 1. The molecule has 0 aliphatic heterocycles. The summed E-state index contributed by atoms with van der Waals surface area (Å²) in [6, 6.07) is 16.3. The minimum atomic E-state index is -4.84. The topological polar surface area (TPSA) is 71.1 Å². The smallest absolute Gasteiger partial charge is 0.322 e. The van der Waals surface area contributed by atoms with Crippen molar-refractivity contribution in [1.82, 2.24) is 4.98 Å². The Hall–Kier alpha value is -4.27. The van der Waals surface area contributed by atoms with Gasteiger partial charge in [0.05, 0.1) is 27.9 Å². The first kappa shape index (κ1) is 22.9. The van der Waals surface area contributed by atoms with Crippen LogP contribution in [0.2, 0.25) is 0 Å². The molecule has 0 spiro atoms. The first-order valence-corrected chi connectivity index (χ1v) is 10.1. The third-order valence-corrected chi connectivity index (χ3v) is 5.04. The van der Waals surface area contributed by atoms with E-state index in [1.165, 1.54) is 30.3 Å². The van der Waals surface area contributed by atoms with Crippen LogP contribution in [0.25, 0.3) is 10.9 Å². The fourth-order valence-electron chi connectivity index (χ4n) is 3.49. The van der Waals surface area contributed by atoms with Gasteiger partial charge in [-0.2, -0.15) is 13.2 Å². The largest absolute Gasteiger partial charge is 0.418 e. The molecule has 0 saturated heterocycles. The van der Waals surface area contributed by atoms with Gasteiger partial charge in [0, 0.05) is 16.8 Å². The molecule has 0 saturated carbocycles. The number of carbonyl (C=O) groups is 2. The quantitative estimate of drug-likeness (QED) is 0.351. The van der Waals surface area contributed by atoms with Gasteiger partial charge in [-0.3, -0.25) is 14.6 Å². The van der Waals surface area contributed by atoms with E-state index in [2.05, 4.69) is 15.6 Å². The van der Waals surface area contributed by atoms with Crippen molar-refractivity contribution in [3.8, 4) is 0 Å². The molecule has 0 radical (unpaired) electrons. The second-order valence-electron chi connectivity index (χ2n) is 7.47. The van der Waals surface area contributed by atoms with Crippen LogP contribution in [-0.2, 0) is 6.18 Å². The van der Waals surface area contributed by atoms with E-state index in [9.17, 15) is 27.2 Å². The number of amides is 2. The molecule has 2 N–H and O–H groups in total. The first-order chi connectivity index (χ1) is 16.1. The predicted octanol–water partition coefficient (Wildman–Crippen LogP) is 6.21. The van der Waals surface area contributed by atoms with Crippen molar-refractivity contribution in [2.24, 2.45) is 0 Å². The molecule has 0 bridgehead atoms. The molecular formula is C25H17F4N3O2. The first-order valence-electron chi connectivity index (χ1n) is 10.1. The van der Waals surface area contributed by atoms with Crippen LogP contribution in [0.5, 0.6) is 0 Å². The molecule has 3 aromatic carbocycles. The summed E-state index contributed by atoms with van der Waals surface area (Å²) in [5.74, 6) is -2.45. The number of hydrogen-bond donors (Lipinski definition) is 2. The monoisotopic (exact) mass is 467 g/mol. The molecule has 2 amide bonds. The minimum absolute atomic E-state index is 0.174. The third-order valence-electron chi connectivity index (χ3n) is 5.04. The van der Waals surface area contributed by atoms with Crippen molar-refractivity contribution in [3.63, 3.8) is 0 Å². The molecule has 0 fully saturated rings. The summed E-state index contributed by atoms with van der Waals surface area (Å²) in [4.78, 5) is 29.5. The predicted molar refractivity (Wildman–Crippen MR) is 120 cm³/mol. The van der Waals surface area contributed by atoms with Gasteiger partial charge in [0.2, 0.25) is 0 Å². The van der Waals surface area contributed by atoms with Gasteiger partial charge >= 0.3 is 6.18 Å². The fraction of sp³-hybridized carbons (Fsp3) is 0.0800. The molecule has 9 heteroatoms. The average molecular weight is 467 g/mol. The van der Waals surface area contributed by atoms with Gasteiger partial charge in [-0.25, -0.2) is 4.39 Å². The number of alkyl halides is 3. The number of nitrogens with zero attached hydrogens (tertiary/aromatic N) is 1. The summed E-state index contributed by atoms with van der Waals surface area (Å²) < 4.78 is 55.2. The van der Waals surface area contributed by atoms with Crippen LogP contribution < -0.4 is 10.6 Å². The summed E-state index contributed by atoms with van der Waals surface area (Å²) in [6.07, 6.45) is -4.84. The van der Waals surface area contributed by atoms with Crippen molar-refractivity contribution in [3.05, 3.63) is 101 Å². The maximum Gasteiger partial charge on any atom is 0.418 e. The zero-order valence-corrected chi connectivity index (χ0v) is 17.7. The second-order valence-corrected chi connectivity index (χ2v) is 7.47. The van der Waals surface area contributed by atoms with E-state index in [0.29, 0.717) is 22.7 Å². The van der Waals surface area contributed by atoms with Crippen LogP contribution in [0.4, 0.5) is 28.9 Å². The van der Waals surface area contributed by atoms with E-state index in [0.717, 1.165) is 12.1 Å². The van der Waals surface area contributed by atoms with E-state index < -0.39 is 35.1 Å². The van der Waals surface area contributed by atoms with E-state index in [1.807, 2.05) is 0 Å². The van der Waals surface area contributed by atoms with Crippen LogP contribution in [-0.4, -0.2) is 16.8 Å². The number of rotatable bonds is 4. The Morgan fingerprint density at radius 2 is 1.50 bits per heavy atom. The minimum Gasteiger partial charge on any atom is -0.322 e. The molecule has 0 aliphatic rings. The number of halogens is 4. The van der Waals surface area contributed by atoms with Gasteiger partial charge in [0.1, 0.15) is 5.82 Å². The van der Waals surface area contributed by atoms with Gasteiger partial charge in [-0.1, -0.05) is 30.3 Å². The summed E-state index contributed by atoms with van der Waals surface area (Å²) in [5, 5.41) is 5.06. The molecule has 1 heterocycles. The Balaban J connectivity index is 1.66. The Bertz CT molecular complexity index is 1420. The molecule has 172 valence electrons. The van der Waals surface area contributed by atoms with Crippen LogP contribution in [0.15, 0.2) is 72.8 Å². The van der Waals surface area contributed by atoms with Crippen LogP contribution in [0.3, 0.4) is 0 Å². The highest BCUT2D eigenvalue weighted by molar-refractivity contribution is 6.13. The van der Waals surface area contributed by atoms with Gasteiger partial charge in [0.25, 0.3) is 11.8 Å². The number of benzene rings is 3. The SMILES string of the molecule is Cc1cc(C(=O)Nc2ccc(NC(=O)c3ccccc3F)cc2C(F)(F)F)c2ccccc2n1. The number of aryl methyl sites for hydroxylation is 1. The van der Waals surface area contributed by atoms with Crippen LogP contribution in [0.1, 0.15) is 32.0 Å². The summed E-state index contributed by atoms with van der Waals surface area (Å²) in [5.41, 5.74) is -0.923. The lowest BCUT2D eigenvalue weighted by Crippen LogP contribution is -2.19. The molecule has 34 heavy (non-hydrogen) atoms. The fourth-order valence-corrected chi connectivity index (χ4v) is 3.49. The van der Waals surface area contributed by atoms with Crippen molar-refractivity contribution in [1.29, 1.82) is 0 Å². The molecule has 0 atom stereocenters. The highest BCUT2D eigenvalue weighted by Crippen LogP contribution is 2.37. The normalized spacial score (nSPS) is 11.3. The van der Waals surface area contributed by atoms with Crippen molar-refractivity contribution in [2.75, 3.05) is 10.6 Å². The Morgan fingerprint density at radius 3 is 2.24 bits per heavy atom. The van der Waals surface area contributed by atoms with Crippen LogP contribution in [0, 0.1) is 12.7 Å². The molecule has 4 rings (SSSR count). The standard InChI is InChI=1S/C25H17F4N3O2/c1-14-12-18(16-6-3-5-9-21(16)30-14)24(34)32-22-11-10-15(13-19(22)25(27,28)29)31-23(33)17-7-2-4-8-20(17)26/h2-13H,1H3,(H,31,33)(H,32,34). The highest BCUT2D eigenvalue weighted by atomic mass is 19.4. The number of pyridine rings is 1. The third kappa shape index (κ3) is 4.73. The molecule has 1 aromatic heterocycles. The van der Waals surface area contributed by atoms with E-state index in [4.69, 9.17) is 0 Å². The molecular weight excluding hydrogens is 450 g/mol. The average Bonchev–Trinajstić information content (AvgIpc) is 2.79. The summed E-state index contributed by atoms with van der Waals surface area (Å²) in [7, 11) is 0. The number of nitrogens with one attached hydrogen (secondary N) is 2. The molecule has 0 unspecified atom stereocenters. The lowest BCUT2D eigenvalue weighted by atomic mass is 10.1. The van der Waals surface area contributed by atoms with Gasteiger partial charge in [0.15, 0.2) is 0 Å². The number of para-hydroxylation sites is 1. The zero-order valence-electron chi connectivity index (χ0n) is 17.7. The maximum atomic E-state index is 13.8. The molecule has 4 aromatic rings. The van der Waals surface area contributed by atoms with Crippen LogP contribution >= 0.6 is 0 Å². The second kappa shape index (κ2) is 8.93. The molecule has 0 aliphatic carbocycles. The van der Waals surface area contributed by atoms with Crippen molar-refractivity contribution in [2.45, 2.75) is 13.1 Å². The highest BCUT2D eigenvalue weighted by Gasteiger charge is 2.34. The van der Waals surface area contributed by atoms with Gasteiger partial charge in [-0.05, 0) is 49.4 Å². The number of carbonyl (C=O) groups excluding carboxylic acids is 2. The van der Waals surface area contributed by atoms with E-state index >= 15 is 0 Å². The van der Waals surface area contributed by atoms with Gasteiger partial charge < -0.3 is 10.6 Å². The zero-order chi connectivity index (χ0) is 24.5. The van der Waals surface area contributed by atoms with E-state index in [-0.39, 0.29) is 16.8 Å². The van der Waals surface area contributed by atoms with Crippen molar-refractivity contribution >= 4 is 34.1 Å². The summed E-state index contributed by atoms with van der Waals surface area (Å²) in [6.45, 7) is 1.68.